The van der Waals surface area contributed by atoms with Crippen LogP contribution in [0.2, 0.25) is 0 Å². The van der Waals surface area contributed by atoms with Crippen LogP contribution in [0.3, 0.4) is 0 Å². The molecule has 6 aliphatic rings. The maximum Gasteiger partial charge on any atom is 0.393 e. The van der Waals surface area contributed by atoms with Gasteiger partial charge in [-0.05, 0) is 126 Å². The third kappa shape index (κ3) is 19.5. The van der Waals surface area contributed by atoms with Gasteiger partial charge in [0.2, 0.25) is 70.9 Å². The van der Waals surface area contributed by atoms with Crippen molar-refractivity contribution in [2.45, 2.75) is 269 Å². The molecule has 0 aromatic rings. The van der Waals surface area contributed by atoms with E-state index in [1.54, 1.807) is 20.8 Å². The van der Waals surface area contributed by atoms with Gasteiger partial charge in [-0.3, -0.25) is 57.5 Å². The predicted octanol–water partition coefficient (Wildman–Crippen LogP) is 6.19. The van der Waals surface area contributed by atoms with Crippen molar-refractivity contribution in [3.63, 3.8) is 0 Å². The molecule has 0 bridgehead atoms. The van der Waals surface area contributed by atoms with E-state index < -0.39 is 173 Å². The zero-order chi connectivity index (χ0) is 74.7. The van der Waals surface area contributed by atoms with Gasteiger partial charge in [0.25, 0.3) is 0 Å². The van der Waals surface area contributed by atoms with Crippen molar-refractivity contribution in [3.8, 4) is 0 Å². The second kappa shape index (κ2) is 35.7. The molecule has 100 heavy (non-hydrogen) atoms. The van der Waals surface area contributed by atoms with Crippen LogP contribution >= 0.6 is 11.6 Å². The summed E-state index contributed by atoms with van der Waals surface area (Å²) in [4.78, 5) is 191. The molecule has 3 aliphatic carbocycles. The lowest BCUT2D eigenvalue weighted by atomic mass is 9.78. The number of alkyl halides is 4. The molecular formula is C72H118ClF3N12O12. The summed E-state index contributed by atoms with van der Waals surface area (Å²) in [6.07, 6.45) is 1.55. The number of carbonyl (C=O) groups excluding carboxylic acids is 12. The maximum absolute atomic E-state index is 15.5. The topological polar surface area (TPSA) is 270 Å². The van der Waals surface area contributed by atoms with Gasteiger partial charge in [0.15, 0.2) is 0 Å². The van der Waals surface area contributed by atoms with Crippen LogP contribution in [-0.2, 0) is 57.5 Å². The van der Waals surface area contributed by atoms with Crippen LogP contribution in [0.4, 0.5) is 13.2 Å². The van der Waals surface area contributed by atoms with Crippen LogP contribution in [0.1, 0.15) is 197 Å². The maximum atomic E-state index is 15.5. The Morgan fingerprint density at radius 1 is 0.640 bits per heavy atom. The zero-order valence-electron chi connectivity index (χ0n) is 62.4. The highest BCUT2D eigenvalue weighted by Gasteiger charge is 2.53. The Labute approximate surface area is 596 Å². The van der Waals surface area contributed by atoms with Crippen molar-refractivity contribution in [3.05, 3.63) is 0 Å². The molecule has 0 radical (unpaired) electrons. The molecule has 3 saturated carbocycles. The Morgan fingerprint density at radius 3 is 1.80 bits per heavy atom. The van der Waals surface area contributed by atoms with Crippen molar-refractivity contribution in [1.29, 1.82) is 0 Å². The molecule has 28 heteroatoms. The highest BCUT2D eigenvalue weighted by molar-refractivity contribution is 6.21. The van der Waals surface area contributed by atoms with Crippen LogP contribution in [-0.4, -0.2) is 262 Å². The van der Waals surface area contributed by atoms with Gasteiger partial charge < -0.3 is 60.0 Å². The number of amides is 12. The van der Waals surface area contributed by atoms with Crippen LogP contribution in [0.25, 0.3) is 0 Å². The van der Waals surface area contributed by atoms with Gasteiger partial charge in [-0.15, -0.1) is 11.6 Å². The molecule has 3 N–H and O–H groups in total. The van der Waals surface area contributed by atoms with Crippen LogP contribution in [0.5, 0.6) is 0 Å². The third-order valence-electron chi connectivity index (χ3n) is 23.2. The third-order valence-corrected chi connectivity index (χ3v) is 23.7. The van der Waals surface area contributed by atoms with Gasteiger partial charge in [0.1, 0.15) is 59.9 Å². The monoisotopic (exact) mass is 1430 g/mol. The minimum atomic E-state index is -4.51. The standard InChI is InChI=1S/C72H118ClF3N12O12/c1-17-44(7)59-68(98)82(13)46(9)63(93)88-36-32-53(88)67(97)86(19-3)56(39-48-26-24-43(6)25-27-48)66(96)81(12)41-57(89)77-51(31-29-47-28-30-49(50(73)38-47)72(74,75)76)64(94)87-35-22-23-52(87)62(92)79-71(33-20-21-34-71)70(100)85(16)60(45(8)18-2)69(99)84(15)55(65(95)80(10)11)40-58(90)83(14)54(37-42(4)5)61(91)78-59/h42-56,59-60H,17-41H2,1-16H3,(H,77,89)(H,78,91)(H,79,92)/t43?,44-,45-,46-,47?,48?,49?,50?,51-,52-,53-,54-,55-,56-,59-,60-/m0/s1. The summed E-state index contributed by atoms with van der Waals surface area (Å²) in [5, 5.41) is 7.60. The van der Waals surface area contributed by atoms with Crippen LogP contribution < -0.4 is 16.0 Å². The van der Waals surface area contributed by atoms with Crippen LogP contribution in [0.15, 0.2) is 0 Å². The van der Waals surface area contributed by atoms with Gasteiger partial charge in [0.05, 0.1) is 18.9 Å². The van der Waals surface area contributed by atoms with Crippen molar-refractivity contribution < 1.29 is 70.7 Å². The number of fused-ring (bicyclic) bond motifs is 2. The molecule has 14 atom stereocenters. The van der Waals surface area contributed by atoms with Crippen molar-refractivity contribution in [1.82, 2.24) is 60.0 Å². The summed E-state index contributed by atoms with van der Waals surface area (Å²) in [7, 11) is 10.1. The van der Waals surface area contributed by atoms with E-state index >= 15 is 28.8 Å². The highest BCUT2D eigenvalue weighted by Crippen LogP contribution is 2.44. The normalized spacial score (nSPS) is 31.6. The molecule has 3 unspecified atom stereocenters. The Kier molecular flexibility index (Phi) is 29.6. The lowest BCUT2D eigenvalue weighted by Gasteiger charge is -2.46. The van der Waals surface area contributed by atoms with Crippen molar-refractivity contribution in [2.24, 2.45) is 41.4 Å². The number of nitrogens with zero attached hydrogens (tertiary/aromatic N) is 9. The van der Waals surface area contributed by atoms with E-state index in [4.69, 9.17) is 11.6 Å². The molecule has 0 aromatic heterocycles. The molecule has 24 nitrogen and oxygen atoms in total. The Morgan fingerprint density at radius 2 is 1.25 bits per heavy atom. The molecule has 12 amide bonds. The van der Waals surface area contributed by atoms with E-state index in [2.05, 4.69) is 22.9 Å². The first-order valence-corrected chi connectivity index (χ1v) is 37.4. The SMILES string of the molecule is CC[C@H](C)[C@@H]1NC(=O)[C@H](CC(C)C)N(C)C(=O)C[C@@H](C(=O)N(C)C)N(C)C(=O)[C@H]([C@@H](C)CC)N(C)C(=O)C2(CCCC2)NC(=O)[C@@H]2CCCN2C(=O)[C@H](CCC2CCC(C(F)(F)F)C(Cl)C2)NC(=O)CN(C)C(=O)[C@H](CC2CCC(C)CC2)N(CC)C(=O)[C@@H]2CCN2C(=O)[C@H](C)N(C)C1=O. The smallest absolute Gasteiger partial charge is 0.347 e. The van der Waals surface area contributed by atoms with E-state index in [0.717, 1.165) is 30.6 Å². The number of hydrogen-bond acceptors (Lipinski definition) is 12. The lowest BCUT2D eigenvalue weighted by Crippen LogP contribution is -2.65. The van der Waals surface area contributed by atoms with Gasteiger partial charge in [-0.2, -0.15) is 13.2 Å². The van der Waals surface area contributed by atoms with E-state index in [1.165, 1.54) is 95.5 Å². The quantitative estimate of drug-likeness (QED) is 0.174. The Bertz CT molecular complexity index is 2930. The summed E-state index contributed by atoms with van der Waals surface area (Å²) in [5.74, 6) is -10.4. The molecule has 6 fully saturated rings. The summed E-state index contributed by atoms with van der Waals surface area (Å²) in [6.45, 7) is 16.0. The molecule has 3 aliphatic heterocycles. The molecule has 3 heterocycles. The predicted molar refractivity (Wildman–Crippen MR) is 372 cm³/mol. The summed E-state index contributed by atoms with van der Waals surface area (Å²) < 4.78 is 42.1. The highest BCUT2D eigenvalue weighted by atomic mass is 35.5. The fourth-order valence-corrected chi connectivity index (χ4v) is 16.5. The van der Waals surface area contributed by atoms with Crippen molar-refractivity contribution in [2.75, 3.05) is 75.5 Å². The summed E-state index contributed by atoms with van der Waals surface area (Å²) >= 11 is 6.41. The number of nitrogens with one attached hydrogen (secondary N) is 3. The largest absolute Gasteiger partial charge is 0.393 e. The number of carbonyl (C=O) groups is 12. The minimum Gasteiger partial charge on any atom is -0.347 e. The molecule has 566 valence electrons. The average molecular weight is 1440 g/mol. The lowest BCUT2D eigenvalue weighted by molar-refractivity contribution is -0.182. The van der Waals surface area contributed by atoms with E-state index in [-0.39, 0.29) is 108 Å². The fraction of sp³-hybridized carbons (Fsp3) is 0.833. The minimum absolute atomic E-state index is 0.00190. The summed E-state index contributed by atoms with van der Waals surface area (Å²) in [5.41, 5.74) is -1.57. The summed E-state index contributed by atoms with van der Waals surface area (Å²) in [6, 6.07) is -10.9. The van der Waals surface area contributed by atoms with Gasteiger partial charge >= 0.3 is 6.18 Å². The van der Waals surface area contributed by atoms with E-state index in [1.807, 2.05) is 27.7 Å². The first-order valence-electron chi connectivity index (χ1n) is 36.9. The van der Waals surface area contributed by atoms with E-state index in [9.17, 15) is 41.9 Å². The fourth-order valence-electron chi connectivity index (χ4n) is 16.0. The molecule has 1 spiro atoms. The first kappa shape index (κ1) is 82.7. The Hall–Kier alpha value is -6.28. The van der Waals surface area contributed by atoms with Gasteiger partial charge in [0, 0.05) is 74.3 Å². The number of hydrogen-bond donors (Lipinski definition) is 3. The number of rotatable bonds is 13. The average Bonchev–Trinajstić information content (AvgIpc) is 1.21. The van der Waals surface area contributed by atoms with Crippen molar-refractivity contribution >= 4 is 82.5 Å². The van der Waals surface area contributed by atoms with Crippen LogP contribution in [0, 0.1) is 41.4 Å². The van der Waals surface area contributed by atoms with Gasteiger partial charge in [-0.1, -0.05) is 99.8 Å². The van der Waals surface area contributed by atoms with E-state index in [0.29, 0.717) is 38.0 Å². The molecular weight excluding hydrogens is 1320 g/mol. The molecule has 0 aromatic carbocycles. The number of likely N-dealkylation sites (N-methyl/N-ethyl adjacent to an activating group) is 7. The zero-order valence-corrected chi connectivity index (χ0v) is 63.2. The van der Waals surface area contributed by atoms with Gasteiger partial charge in [-0.25, -0.2) is 0 Å². The number of halogens is 4. The second-order valence-corrected chi connectivity index (χ2v) is 31.4. The molecule has 3 saturated heterocycles. The second-order valence-electron chi connectivity index (χ2n) is 30.8. The molecule has 6 rings (SSSR count). The first-order chi connectivity index (χ1) is 46.9. The Balaban J connectivity index is 1.44.